The van der Waals surface area contributed by atoms with Gasteiger partial charge in [0.25, 0.3) is 17.8 Å². The molecule has 0 N–H and O–H groups in total. The van der Waals surface area contributed by atoms with Crippen molar-refractivity contribution in [2.24, 2.45) is 4.99 Å². The number of rotatable bonds is 4. The molecule has 6 nitrogen and oxygen atoms in total. The van der Waals surface area contributed by atoms with E-state index in [4.69, 9.17) is 11.6 Å². The molecule has 2 aliphatic heterocycles. The Morgan fingerprint density at radius 2 is 2.04 bits per heavy atom. The summed E-state index contributed by atoms with van der Waals surface area (Å²) in [5.41, 5.74) is 0.989. The van der Waals surface area contributed by atoms with Crippen LogP contribution in [0.4, 0.5) is 4.79 Å². The van der Waals surface area contributed by atoms with Crippen LogP contribution in [-0.2, 0) is 10.5 Å². The van der Waals surface area contributed by atoms with Gasteiger partial charge in [-0.1, -0.05) is 42.5 Å². The van der Waals surface area contributed by atoms with E-state index in [9.17, 15) is 9.59 Å². The molecule has 1 aromatic carbocycles. The average Bonchev–Trinajstić information content (AvgIpc) is 2.96. The number of amidine groups is 2. The highest BCUT2D eigenvalue weighted by molar-refractivity contribution is 8.13. The molecule has 3 rings (SSSR count). The summed E-state index contributed by atoms with van der Waals surface area (Å²) in [5.74, 6) is 0.794. The maximum Gasteiger partial charge on any atom is 0.358 e. The van der Waals surface area contributed by atoms with Crippen molar-refractivity contribution in [3.05, 3.63) is 47.5 Å². The average molecular weight is 378 g/mol. The fraction of sp³-hybridized carbons (Fsp3) is 0.294. The summed E-state index contributed by atoms with van der Waals surface area (Å²) >= 11 is 7.70. The van der Waals surface area contributed by atoms with Crippen LogP contribution in [-0.4, -0.2) is 64.0 Å². The largest absolute Gasteiger partial charge is 0.358 e. The van der Waals surface area contributed by atoms with Gasteiger partial charge in [-0.2, -0.15) is 0 Å². The molecule has 1 saturated heterocycles. The van der Waals surface area contributed by atoms with Crippen LogP contribution in [0.5, 0.6) is 0 Å². The number of amides is 3. The van der Waals surface area contributed by atoms with Crippen LogP contribution in [0, 0.1) is 0 Å². The molecule has 0 bridgehead atoms. The van der Waals surface area contributed by atoms with Crippen LogP contribution in [0.15, 0.2) is 41.9 Å². The van der Waals surface area contributed by atoms with E-state index >= 15 is 0 Å². The molecule has 1 fully saturated rings. The zero-order chi connectivity index (χ0) is 18.1. The van der Waals surface area contributed by atoms with Gasteiger partial charge in [0.05, 0.1) is 0 Å². The van der Waals surface area contributed by atoms with Crippen LogP contribution in [0.2, 0.25) is 5.02 Å². The highest BCUT2D eigenvalue weighted by Gasteiger charge is 2.52. The van der Waals surface area contributed by atoms with Crippen molar-refractivity contribution in [3.63, 3.8) is 0 Å². The van der Waals surface area contributed by atoms with E-state index < -0.39 is 6.04 Å². The SMILES string of the molecule is C=CC[N+]1=C(SCc2ccccc2Cl)N=C2C1C(=O)N(C)C(=O)N2C. The van der Waals surface area contributed by atoms with E-state index in [0.29, 0.717) is 28.3 Å². The molecule has 0 aromatic heterocycles. The zero-order valence-electron chi connectivity index (χ0n) is 14.0. The van der Waals surface area contributed by atoms with Gasteiger partial charge in [0.1, 0.15) is 6.54 Å². The van der Waals surface area contributed by atoms with Gasteiger partial charge < -0.3 is 0 Å². The molecule has 8 heteroatoms. The lowest BCUT2D eigenvalue weighted by atomic mass is 10.1. The Labute approximate surface area is 155 Å². The number of hydrogen-bond acceptors (Lipinski definition) is 4. The topological polar surface area (TPSA) is 56.0 Å². The van der Waals surface area contributed by atoms with Crippen LogP contribution in [0.3, 0.4) is 0 Å². The minimum atomic E-state index is -0.598. The Morgan fingerprint density at radius 3 is 2.72 bits per heavy atom. The number of thioether (sulfide) groups is 1. The maximum absolute atomic E-state index is 12.6. The molecule has 2 heterocycles. The first-order chi connectivity index (χ1) is 12.0. The Morgan fingerprint density at radius 1 is 1.32 bits per heavy atom. The number of hydrogen-bond donors (Lipinski definition) is 0. The maximum atomic E-state index is 12.6. The highest BCUT2D eigenvalue weighted by atomic mass is 35.5. The lowest BCUT2D eigenvalue weighted by Crippen LogP contribution is -2.61. The van der Waals surface area contributed by atoms with Crippen molar-refractivity contribution in [1.82, 2.24) is 9.80 Å². The summed E-state index contributed by atoms with van der Waals surface area (Å²) in [6, 6.07) is 6.63. The highest BCUT2D eigenvalue weighted by Crippen LogP contribution is 2.26. The van der Waals surface area contributed by atoms with Gasteiger partial charge in [0.15, 0.2) is 0 Å². The molecule has 1 aromatic rings. The number of halogens is 1. The first kappa shape index (κ1) is 17.7. The van der Waals surface area contributed by atoms with Crippen LogP contribution in [0.25, 0.3) is 0 Å². The van der Waals surface area contributed by atoms with Gasteiger partial charge in [0, 0.05) is 24.9 Å². The first-order valence-corrected chi connectivity index (χ1v) is 9.06. The van der Waals surface area contributed by atoms with E-state index in [1.54, 1.807) is 13.1 Å². The number of aliphatic imine (C=N–C) groups is 1. The minimum absolute atomic E-state index is 0.281. The Hall–Kier alpha value is -2.12. The van der Waals surface area contributed by atoms with Gasteiger partial charge in [-0.25, -0.2) is 9.37 Å². The first-order valence-electron chi connectivity index (χ1n) is 7.70. The molecule has 130 valence electrons. The van der Waals surface area contributed by atoms with Gasteiger partial charge in [-0.05, 0) is 28.4 Å². The number of carbonyl (C=O) groups is 2. The van der Waals surface area contributed by atoms with Crippen molar-refractivity contribution < 1.29 is 14.2 Å². The predicted molar refractivity (Wildman–Crippen MR) is 100 cm³/mol. The quantitative estimate of drug-likeness (QED) is 0.598. The number of imide groups is 1. The molecule has 3 amide bonds. The van der Waals surface area contributed by atoms with Gasteiger partial charge in [-0.15, -0.1) is 0 Å². The van der Waals surface area contributed by atoms with E-state index in [1.165, 1.54) is 23.7 Å². The van der Waals surface area contributed by atoms with Gasteiger partial charge in [0.2, 0.25) is 0 Å². The van der Waals surface area contributed by atoms with Gasteiger partial charge in [-0.3, -0.25) is 14.6 Å². The van der Waals surface area contributed by atoms with E-state index in [-0.39, 0.29) is 11.9 Å². The minimum Gasteiger partial charge on any atom is -0.269 e. The van der Waals surface area contributed by atoms with Crippen molar-refractivity contribution in [2.45, 2.75) is 11.8 Å². The monoisotopic (exact) mass is 377 g/mol. The summed E-state index contributed by atoms with van der Waals surface area (Å²) in [6.45, 7) is 4.23. The number of fused-ring (bicyclic) bond motifs is 1. The molecule has 0 spiro atoms. The molecule has 0 saturated carbocycles. The number of nitrogens with zero attached hydrogens (tertiary/aromatic N) is 4. The normalized spacial score (nSPS) is 20.1. The van der Waals surface area contributed by atoms with E-state index in [1.807, 2.05) is 28.8 Å². The molecule has 0 aliphatic carbocycles. The molecule has 2 aliphatic rings. The second-order valence-electron chi connectivity index (χ2n) is 5.72. The zero-order valence-corrected chi connectivity index (χ0v) is 15.5. The van der Waals surface area contributed by atoms with Crippen LogP contribution in [0.1, 0.15) is 5.56 Å². The smallest absolute Gasteiger partial charge is 0.269 e. The summed E-state index contributed by atoms with van der Waals surface area (Å²) < 4.78 is 1.87. The molecule has 1 atom stereocenters. The Kier molecular flexibility index (Phi) is 4.96. The van der Waals surface area contributed by atoms with Crippen molar-refractivity contribution in [2.75, 3.05) is 20.6 Å². The molecular weight excluding hydrogens is 360 g/mol. The second kappa shape index (κ2) is 7.01. The number of urea groups is 1. The predicted octanol–water partition coefficient (Wildman–Crippen LogP) is 2.43. The summed E-state index contributed by atoms with van der Waals surface area (Å²) in [6.07, 6.45) is 1.72. The lowest BCUT2D eigenvalue weighted by Gasteiger charge is -2.30. The van der Waals surface area contributed by atoms with Gasteiger partial charge >= 0.3 is 11.2 Å². The third kappa shape index (κ3) is 3.09. The third-order valence-corrected chi connectivity index (χ3v) is 5.54. The fourth-order valence-electron chi connectivity index (χ4n) is 2.77. The Balaban J connectivity index is 1.92. The molecule has 25 heavy (non-hydrogen) atoms. The Bertz CT molecular complexity index is 821. The van der Waals surface area contributed by atoms with Crippen molar-refractivity contribution in [3.8, 4) is 0 Å². The summed E-state index contributed by atoms with van der Waals surface area (Å²) in [4.78, 5) is 31.9. The molecule has 1 unspecified atom stereocenters. The van der Waals surface area contributed by atoms with E-state index in [0.717, 1.165) is 10.5 Å². The number of benzene rings is 1. The third-order valence-electron chi connectivity index (χ3n) is 4.13. The summed E-state index contributed by atoms with van der Waals surface area (Å²) in [5, 5.41) is 1.38. The fourth-order valence-corrected chi connectivity index (χ4v) is 4.09. The van der Waals surface area contributed by atoms with E-state index in [2.05, 4.69) is 11.6 Å². The lowest BCUT2D eigenvalue weighted by molar-refractivity contribution is -0.522. The van der Waals surface area contributed by atoms with Crippen LogP contribution < -0.4 is 0 Å². The molecular formula is C17H18ClN4O2S+. The second-order valence-corrected chi connectivity index (χ2v) is 7.06. The molecule has 0 radical (unpaired) electrons. The summed E-state index contributed by atoms with van der Waals surface area (Å²) in [7, 11) is 3.11. The number of likely N-dealkylation sites (N-methyl/N-ethyl adjacent to an activating group) is 2. The van der Waals surface area contributed by atoms with Crippen LogP contribution >= 0.6 is 23.4 Å². The van der Waals surface area contributed by atoms with Crippen molar-refractivity contribution >= 4 is 46.3 Å². The number of carbonyl (C=O) groups excluding carboxylic acids is 2. The van der Waals surface area contributed by atoms with Crippen molar-refractivity contribution in [1.29, 1.82) is 0 Å². The standard InChI is InChI=1S/C17H18ClN4O2S/c1-4-9-22-13-14(20(2)17(24)21(3)15(13)23)19-16(22)25-10-11-7-5-6-8-12(11)18/h4-8,13H,1,9-10H2,2-3H3/q+1.